The van der Waals surface area contributed by atoms with Crippen molar-refractivity contribution in [3.63, 3.8) is 0 Å². The molecule has 0 aliphatic rings. The number of hydrogen-bond donors (Lipinski definition) is 2. The molecule has 0 radical (unpaired) electrons. The smallest absolute Gasteiger partial charge is 0.00773 e. The molecule has 0 aliphatic heterocycles. The molecule has 0 unspecified atom stereocenters. The van der Waals surface area contributed by atoms with Crippen LogP contribution in [0, 0.1) is 0 Å². The van der Waals surface area contributed by atoms with Crippen LogP contribution in [0.25, 0.3) is 0 Å². The van der Waals surface area contributed by atoms with Gasteiger partial charge in [-0.3, -0.25) is 0 Å². The summed E-state index contributed by atoms with van der Waals surface area (Å²) in [4.78, 5) is 0. The molecule has 112 valence electrons. The fourth-order valence-electron chi connectivity index (χ4n) is 1.85. The first kappa shape index (κ1) is 20.2. The van der Waals surface area contributed by atoms with E-state index in [-0.39, 0.29) is 0 Å². The normalized spacial score (nSPS) is 10.0. The Morgan fingerprint density at radius 2 is 0.722 bits per heavy atom. The molecule has 0 heterocycles. The van der Waals surface area contributed by atoms with Crippen molar-refractivity contribution in [3.8, 4) is 0 Å². The van der Waals surface area contributed by atoms with Crippen LogP contribution in [0.1, 0.15) is 90.9 Å². The molecular formula is C16H38N2. The second-order valence-corrected chi connectivity index (χ2v) is 5.11. The van der Waals surface area contributed by atoms with Gasteiger partial charge in [-0.25, -0.2) is 0 Å². The van der Waals surface area contributed by atoms with Crippen molar-refractivity contribution in [2.24, 2.45) is 11.5 Å². The van der Waals surface area contributed by atoms with Crippen LogP contribution in [-0.2, 0) is 0 Å². The minimum Gasteiger partial charge on any atom is -0.330 e. The highest BCUT2D eigenvalue weighted by molar-refractivity contribution is 4.46. The van der Waals surface area contributed by atoms with Gasteiger partial charge in [0.2, 0.25) is 0 Å². The van der Waals surface area contributed by atoms with Crippen molar-refractivity contribution >= 4 is 0 Å². The first-order valence-electron chi connectivity index (χ1n) is 8.23. The van der Waals surface area contributed by atoms with Crippen molar-refractivity contribution in [1.29, 1.82) is 0 Å². The Kier molecular flexibility index (Phi) is 24.9. The van der Waals surface area contributed by atoms with E-state index in [1.807, 2.05) is 0 Å². The maximum Gasteiger partial charge on any atom is -0.00773 e. The van der Waals surface area contributed by atoms with Gasteiger partial charge in [-0.05, 0) is 25.9 Å². The lowest BCUT2D eigenvalue weighted by Crippen LogP contribution is -1.97. The van der Waals surface area contributed by atoms with E-state index < -0.39 is 0 Å². The number of hydrogen-bond acceptors (Lipinski definition) is 2. The summed E-state index contributed by atoms with van der Waals surface area (Å²) in [7, 11) is 0. The highest BCUT2D eigenvalue weighted by atomic mass is 14.5. The summed E-state index contributed by atoms with van der Waals surface area (Å²) >= 11 is 0. The second kappa shape index (κ2) is 22.1. The summed E-state index contributed by atoms with van der Waals surface area (Å²) in [6.45, 7) is 6.17. The molecule has 0 spiro atoms. The van der Waals surface area contributed by atoms with E-state index in [0.29, 0.717) is 0 Å². The summed E-state index contributed by atoms with van der Waals surface area (Å²) in [6, 6.07) is 0. The van der Waals surface area contributed by atoms with Crippen molar-refractivity contribution in [2.45, 2.75) is 90.9 Å². The maximum absolute atomic E-state index is 5.41. The van der Waals surface area contributed by atoms with Crippen LogP contribution >= 0.6 is 0 Å². The molecule has 2 heteroatoms. The summed E-state index contributed by atoms with van der Waals surface area (Å²) < 4.78 is 0. The summed E-state index contributed by atoms with van der Waals surface area (Å²) in [5.74, 6) is 0. The molecule has 0 bridgehead atoms. The monoisotopic (exact) mass is 258 g/mol. The number of rotatable bonds is 12. The fraction of sp³-hybridized carbons (Fsp3) is 1.00. The third kappa shape index (κ3) is 24.9. The predicted octanol–water partition coefficient (Wildman–Crippen LogP) is 4.61. The van der Waals surface area contributed by atoms with Gasteiger partial charge >= 0.3 is 0 Å². The van der Waals surface area contributed by atoms with Gasteiger partial charge in [-0.1, -0.05) is 78.1 Å². The van der Waals surface area contributed by atoms with Gasteiger partial charge in [0.05, 0.1) is 0 Å². The molecule has 0 saturated heterocycles. The van der Waals surface area contributed by atoms with E-state index in [9.17, 15) is 0 Å². The first-order valence-corrected chi connectivity index (χ1v) is 8.23. The first-order chi connectivity index (χ1) is 8.83. The van der Waals surface area contributed by atoms with Gasteiger partial charge in [-0.2, -0.15) is 0 Å². The van der Waals surface area contributed by atoms with Gasteiger partial charge in [-0.15, -0.1) is 0 Å². The van der Waals surface area contributed by atoms with Crippen LogP contribution in [0.4, 0.5) is 0 Å². The van der Waals surface area contributed by atoms with Crippen LogP contribution in [0.3, 0.4) is 0 Å². The Morgan fingerprint density at radius 1 is 0.444 bits per heavy atom. The van der Waals surface area contributed by atoms with Gasteiger partial charge in [0.15, 0.2) is 0 Å². The van der Waals surface area contributed by atoms with Crippen molar-refractivity contribution < 1.29 is 0 Å². The van der Waals surface area contributed by atoms with E-state index in [1.54, 1.807) is 0 Å². The number of unbranched alkanes of at least 4 members (excludes halogenated alkanes) is 10. The minimum absolute atomic E-state index is 0.855. The Hall–Kier alpha value is -0.0800. The predicted molar refractivity (Wildman–Crippen MR) is 84.9 cm³/mol. The van der Waals surface area contributed by atoms with Gasteiger partial charge in [0, 0.05) is 0 Å². The lowest BCUT2D eigenvalue weighted by Gasteiger charge is -1.99. The Morgan fingerprint density at radius 3 is 1.06 bits per heavy atom. The molecule has 0 rings (SSSR count). The quantitative estimate of drug-likeness (QED) is 0.502. The largest absolute Gasteiger partial charge is 0.330 e. The third-order valence-corrected chi connectivity index (χ3v) is 3.12. The lowest BCUT2D eigenvalue weighted by atomic mass is 10.1. The zero-order chi connectivity index (χ0) is 13.9. The molecule has 18 heavy (non-hydrogen) atoms. The van der Waals surface area contributed by atoms with E-state index in [1.165, 1.54) is 77.0 Å². The molecule has 0 atom stereocenters. The van der Waals surface area contributed by atoms with E-state index in [0.717, 1.165) is 13.1 Å². The van der Waals surface area contributed by atoms with E-state index in [2.05, 4.69) is 13.8 Å². The van der Waals surface area contributed by atoms with Gasteiger partial charge in [0.1, 0.15) is 0 Å². The molecule has 0 aliphatic carbocycles. The van der Waals surface area contributed by atoms with Crippen molar-refractivity contribution in [1.82, 2.24) is 0 Å². The molecule has 0 saturated carbocycles. The fourth-order valence-corrected chi connectivity index (χ4v) is 1.85. The van der Waals surface area contributed by atoms with Crippen molar-refractivity contribution in [3.05, 3.63) is 0 Å². The molecule has 0 aromatic rings. The molecular weight excluding hydrogens is 220 g/mol. The molecule has 0 aromatic carbocycles. The zero-order valence-corrected chi connectivity index (χ0v) is 13.1. The Balaban J connectivity index is 0. The van der Waals surface area contributed by atoms with Crippen LogP contribution in [0.2, 0.25) is 0 Å². The molecule has 0 fully saturated rings. The van der Waals surface area contributed by atoms with Crippen molar-refractivity contribution in [2.75, 3.05) is 13.1 Å². The van der Waals surface area contributed by atoms with E-state index in [4.69, 9.17) is 11.5 Å². The maximum atomic E-state index is 5.41. The molecule has 2 nitrogen and oxygen atoms in total. The molecule has 0 amide bonds. The standard InChI is InChI=1S/C11H25N.C5H13N/c1-2-3-4-5-6-7-8-9-10-11-12;1-2-3-4-5-6/h2-12H2,1H3;2-6H2,1H3. The van der Waals surface area contributed by atoms with Crippen LogP contribution < -0.4 is 11.5 Å². The average Bonchev–Trinajstić information content (AvgIpc) is 2.40. The average molecular weight is 258 g/mol. The van der Waals surface area contributed by atoms with Crippen LogP contribution in [0.15, 0.2) is 0 Å². The second-order valence-electron chi connectivity index (χ2n) is 5.11. The minimum atomic E-state index is 0.855. The van der Waals surface area contributed by atoms with E-state index >= 15 is 0 Å². The van der Waals surface area contributed by atoms with Gasteiger partial charge in [0.25, 0.3) is 0 Å². The topological polar surface area (TPSA) is 52.0 Å². The van der Waals surface area contributed by atoms with Crippen LogP contribution in [0.5, 0.6) is 0 Å². The molecule has 4 N–H and O–H groups in total. The SMILES string of the molecule is CCCCCCCCCCCN.CCCCCN. The summed E-state index contributed by atoms with van der Waals surface area (Å²) in [5, 5.41) is 0. The highest BCUT2D eigenvalue weighted by Gasteiger charge is 1.90. The Labute approximate surface area is 116 Å². The summed E-state index contributed by atoms with van der Waals surface area (Å²) in [5.41, 5.74) is 10.6. The zero-order valence-electron chi connectivity index (χ0n) is 13.1. The lowest BCUT2D eigenvalue weighted by molar-refractivity contribution is 0.567. The Bertz CT molecular complexity index is 102. The highest BCUT2D eigenvalue weighted by Crippen LogP contribution is 2.08. The molecule has 0 aromatic heterocycles. The number of nitrogens with two attached hydrogens (primary N) is 2. The van der Waals surface area contributed by atoms with Crippen LogP contribution in [-0.4, -0.2) is 13.1 Å². The summed E-state index contributed by atoms with van der Waals surface area (Å²) in [6.07, 6.45) is 16.2. The van der Waals surface area contributed by atoms with Gasteiger partial charge < -0.3 is 11.5 Å². The third-order valence-electron chi connectivity index (χ3n) is 3.12.